The summed E-state index contributed by atoms with van der Waals surface area (Å²) in [5.74, 6) is -1.08. The maximum Gasteiger partial charge on any atom is 0.346 e. The smallest absolute Gasteiger partial charge is 0.346 e. The average molecular weight is 450 g/mol. The lowest BCUT2D eigenvalue weighted by atomic mass is 10.0. The monoisotopic (exact) mass is 450 g/mol. The van der Waals surface area contributed by atoms with Crippen LogP contribution in [0.1, 0.15) is 31.8 Å². The summed E-state index contributed by atoms with van der Waals surface area (Å²) >= 11 is 0. The molecule has 0 fully saturated rings. The molecular weight excluding hydrogens is 431 g/mol. The minimum atomic E-state index is -0.823. The van der Waals surface area contributed by atoms with Crippen molar-refractivity contribution in [1.82, 2.24) is 0 Å². The number of hydrogen-bond acceptors (Lipinski definition) is 4. The molecule has 0 radical (unpaired) electrons. The third-order valence-electron chi connectivity index (χ3n) is 5.56. The van der Waals surface area contributed by atoms with Crippen LogP contribution in [0.25, 0.3) is 17.2 Å². The largest absolute Gasteiger partial charge is 0.452 e. The van der Waals surface area contributed by atoms with Gasteiger partial charge in [0.15, 0.2) is 5.76 Å². The van der Waals surface area contributed by atoms with Crippen LogP contribution in [0.2, 0.25) is 0 Å². The van der Waals surface area contributed by atoms with Crippen molar-refractivity contribution in [3.05, 3.63) is 125 Å². The maximum atomic E-state index is 13.9. The number of halogens is 1. The first-order valence-electron chi connectivity index (χ1n) is 10.7. The molecule has 5 heteroatoms. The quantitative estimate of drug-likeness (QED) is 0.199. The number of fused-ring (bicyclic) bond motifs is 1. The normalized spacial score (nSPS) is 13.5. The minimum absolute atomic E-state index is 0.169. The number of ketones is 1. The fourth-order valence-electron chi connectivity index (χ4n) is 3.88. The van der Waals surface area contributed by atoms with E-state index in [1.807, 2.05) is 54.6 Å². The van der Waals surface area contributed by atoms with Crippen LogP contribution in [0.4, 0.5) is 4.39 Å². The molecule has 5 rings (SSSR count). The Morgan fingerprint density at radius 2 is 1.56 bits per heavy atom. The van der Waals surface area contributed by atoms with Crippen LogP contribution in [-0.4, -0.2) is 11.8 Å². The van der Waals surface area contributed by atoms with E-state index in [2.05, 4.69) is 0 Å². The molecule has 0 unspecified atom stereocenters. The Balaban J connectivity index is 1.38. The van der Waals surface area contributed by atoms with Crippen LogP contribution in [0, 0.1) is 12.7 Å². The lowest BCUT2D eigenvalue weighted by Crippen LogP contribution is -2.10. The van der Waals surface area contributed by atoms with Gasteiger partial charge in [-0.1, -0.05) is 66.7 Å². The second kappa shape index (κ2) is 8.79. The molecule has 34 heavy (non-hydrogen) atoms. The molecule has 1 heterocycles. The lowest BCUT2D eigenvalue weighted by Gasteiger charge is -2.08. The first-order chi connectivity index (χ1) is 16.5. The zero-order valence-corrected chi connectivity index (χ0v) is 18.2. The first kappa shape index (κ1) is 21.3. The highest BCUT2D eigenvalue weighted by Crippen LogP contribution is 2.38. The molecule has 0 saturated heterocycles. The van der Waals surface area contributed by atoms with E-state index in [1.54, 1.807) is 25.1 Å². The zero-order chi connectivity index (χ0) is 23.7. The van der Waals surface area contributed by atoms with Gasteiger partial charge in [0.1, 0.15) is 17.3 Å². The SMILES string of the molecule is Cc1cc(OC(=O)c2ccccc2F)cc2c1C(=O)/C(=C/c1ccc(-c3ccccc3)cc1)O2. The number of esters is 1. The molecule has 166 valence electrons. The summed E-state index contributed by atoms with van der Waals surface area (Å²) < 4.78 is 25.1. The van der Waals surface area contributed by atoms with E-state index in [0.717, 1.165) is 16.7 Å². The Hall–Kier alpha value is -4.51. The summed E-state index contributed by atoms with van der Waals surface area (Å²) in [4.78, 5) is 25.3. The summed E-state index contributed by atoms with van der Waals surface area (Å²) in [5.41, 5.74) is 3.84. The van der Waals surface area contributed by atoms with Crippen LogP contribution in [0.3, 0.4) is 0 Å². The van der Waals surface area contributed by atoms with Gasteiger partial charge in [-0.3, -0.25) is 4.79 Å². The standard InChI is InChI=1S/C29H19FO4/c1-18-15-22(33-29(32)23-9-5-6-10-24(23)30)17-25-27(18)28(31)26(34-25)16-19-11-13-21(14-12-19)20-7-3-2-4-8-20/h2-17H,1H3/b26-16-. The molecule has 0 N–H and O–H groups in total. The summed E-state index contributed by atoms with van der Waals surface area (Å²) in [6.45, 7) is 1.73. The minimum Gasteiger partial charge on any atom is -0.452 e. The summed E-state index contributed by atoms with van der Waals surface area (Å²) in [6, 6.07) is 26.4. The van der Waals surface area contributed by atoms with Crippen molar-refractivity contribution >= 4 is 17.8 Å². The van der Waals surface area contributed by atoms with Gasteiger partial charge in [-0.05, 0) is 53.5 Å². The number of carbonyl (C=O) groups is 2. The summed E-state index contributed by atoms with van der Waals surface area (Å²) in [6.07, 6.45) is 1.68. The van der Waals surface area contributed by atoms with Crippen molar-refractivity contribution in [3.63, 3.8) is 0 Å². The Kier molecular flexibility index (Phi) is 5.52. The molecule has 4 nitrogen and oxygen atoms in total. The molecule has 4 aromatic carbocycles. The van der Waals surface area contributed by atoms with Crippen molar-refractivity contribution in [2.45, 2.75) is 6.92 Å². The van der Waals surface area contributed by atoms with E-state index in [1.165, 1.54) is 24.3 Å². The molecule has 1 aliphatic heterocycles. The van der Waals surface area contributed by atoms with E-state index in [4.69, 9.17) is 9.47 Å². The average Bonchev–Trinajstić information content (AvgIpc) is 3.15. The van der Waals surface area contributed by atoms with Gasteiger partial charge in [0.2, 0.25) is 5.78 Å². The molecule has 4 aromatic rings. The number of benzene rings is 4. The molecule has 1 aliphatic rings. The molecule has 0 atom stereocenters. The third-order valence-corrected chi connectivity index (χ3v) is 5.56. The number of hydrogen-bond donors (Lipinski definition) is 0. The van der Waals surface area contributed by atoms with Crippen molar-refractivity contribution in [3.8, 4) is 22.6 Å². The van der Waals surface area contributed by atoms with Gasteiger partial charge in [-0.15, -0.1) is 0 Å². The number of rotatable bonds is 4. The van der Waals surface area contributed by atoms with Crippen LogP contribution in [-0.2, 0) is 0 Å². The Bertz CT molecular complexity index is 1440. The van der Waals surface area contributed by atoms with Crippen molar-refractivity contribution in [2.75, 3.05) is 0 Å². The van der Waals surface area contributed by atoms with Gasteiger partial charge < -0.3 is 9.47 Å². The Labute approximate surface area is 195 Å². The van der Waals surface area contributed by atoms with E-state index >= 15 is 0 Å². The topological polar surface area (TPSA) is 52.6 Å². The molecular formula is C29H19FO4. The fourth-order valence-corrected chi connectivity index (χ4v) is 3.88. The van der Waals surface area contributed by atoms with E-state index in [9.17, 15) is 14.0 Å². The van der Waals surface area contributed by atoms with E-state index in [0.29, 0.717) is 16.9 Å². The maximum absolute atomic E-state index is 13.9. The van der Waals surface area contributed by atoms with Crippen molar-refractivity contribution < 1.29 is 23.5 Å². The Morgan fingerprint density at radius 1 is 0.882 bits per heavy atom. The molecule has 0 saturated carbocycles. The van der Waals surface area contributed by atoms with Crippen LogP contribution < -0.4 is 9.47 Å². The van der Waals surface area contributed by atoms with Gasteiger partial charge >= 0.3 is 5.97 Å². The van der Waals surface area contributed by atoms with Gasteiger partial charge in [0.05, 0.1) is 11.1 Å². The number of ether oxygens (including phenoxy) is 2. The highest BCUT2D eigenvalue weighted by atomic mass is 19.1. The van der Waals surface area contributed by atoms with Gasteiger partial charge in [-0.25, -0.2) is 9.18 Å². The van der Waals surface area contributed by atoms with Crippen LogP contribution in [0.15, 0.2) is 96.8 Å². The van der Waals surface area contributed by atoms with Gasteiger partial charge in [0.25, 0.3) is 0 Å². The predicted octanol–water partition coefficient (Wildman–Crippen LogP) is 6.64. The van der Waals surface area contributed by atoms with Gasteiger partial charge in [-0.2, -0.15) is 0 Å². The third kappa shape index (κ3) is 4.11. The summed E-state index contributed by atoms with van der Waals surface area (Å²) in [5, 5.41) is 0. The van der Waals surface area contributed by atoms with Crippen molar-refractivity contribution in [2.24, 2.45) is 0 Å². The number of Topliss-reactive ketones (excluding diaryl/α,β-unsaturated/α-hetero) is 1. The van der Waals surface area contributed by atoms with E-state index in [-0.39, 0.29) is 22.9 Å². The van der Waals surface area contributed by atoms with Crippen molar-refractivity contribution in [1.29, 1.82) is 0 Å². The first-order valence-corrected chi connectivity index (χ1v) is 10.7. The predicted molar refractivity (Wildman–Crippen MR) is 127 cm³/mol. The zero-order valence-electron chi connectivity index (χ0n) is 18.2. The molecule has 0 aliphatic carbocycles. The highest BCUT2D eigenvalue weighted by Gasteiger charge is 2.30. The van der Waals surface area contributed by atoms with E-state index < -0.39 is 11.8 Å². The molecule has 0 aromatic heterocycles. The van der Waals surface area contributed by atoms with Crippen LogP contribution >= 0.6 is 0 Å². The molecule has 0 amide bonds. The Morgan fingerprint density at radius 3 is 2.29 bits per heavy atom. The summed E-state index contributed by atoms with van der Waals surface area (Å²) in [7, 11) is 0. The second-order valence-electron chi connectivity index (χ2n) is 7.91. The second-order valence-corrected chi connectivity index (χ2v) is 7.91. The number of allylic oxidation sites excluding steroid dienone is 1. The molecule has 0 bridgehead atoms. The van der Waals surface area contributed by atoms with Gasteiger partial charge in [0, 0.05) is 6.07 Å². The van der Waals surface area contributed by atoms with Crippen LogP contribution in [0.5, 0.6) is 11.5 Å². The lowest BCUT2D eigenvalue weighted by molar-refractivity contribution is 0.0729. The molecule has 0 spiro atoms. The number of aryl methyl sites for hydroxylation is 1. The highest BCUT2D eigenvalue weighted by molar-refractivity contribution is 6.15. The fraction of sp³-hybridized carbons (Fsp3) is 0.0345. The number of carbonyl (C=O) groups excluding carboxylic acids is 2.